The number of piperazine rings is 1. The van der Waals surface area contributed by atoms with Gasteiger partial charge in [0, 0.05) is 32.7 Å². The first-order chi connectivity index (χ1) is 12.7. The molecule has 1 amide bonds. The molecule has 2 heterocycles. The van der Waals surface area contributed by atoms with E-state index >= 15 is 0 Å². The molecule has 1 aromatic carbocycles. The number of carbonyl (C=O) groups excluding carboxylic acids is 1. The number of pyridine rings is 1. The Hall–Kier alpha value is -2.60. The topological polar surface area (TPSA) is 57.7 Å². The lowest BCUT2D eigenvalue weighted by Gasteiger charge is -2.33. The molecule has 1 fully saturated rings. The molecule has 1 aromatic heterocycles. The molecule has 1 aliphatic rings. The summed E-state index contributed by atoms with van der Waals surface area (Å²) in [6.07, 6.45) is 2.57. The zero-order chi connectivity index (χ0) is 18.4. The summed E-state index contributed by atoms with van der Waals surface area (Å²) in [5, 5.41) is 2.93. The van der Waals surface area contributed by atoms with Crippen molar-refractivity contribution in [3.8, 4) is 5.75 Å². The van der Waals surface area contributed by atoms with Gasteiger partial charge < -0.3 is 19.9 Å². The maximum atomic E-state index is 12.3. The molecule has 0 radical (unpaired) electrons. The van der Waals surface area contributed by atoms with E-state index in [1.807, 2.05) is 30.3 Å². The van der Waals surface area contributed by atoms with Crippen LogP contribution >= 0.6 is 0 Å². The molecule has 0 saturated carbocycles. The summed E-state index contributed by atoms with van der Waals surface area (Å²) in [6, 6.07) is 11.7. The van der Waals surface area contributed by atoms with E-state index in [2.05, 4.69) is 27.1 Å². The van der Waals surface area contributed by atoms with Gasteiger partial charge in [0.15, 0.2) is 0 Å². The van der Waals surface area contributed by atoms with Crippen LogP contribution in [0.3, 0.4) is 0 Å². The third-order valence-electron chi connectivity index (χ3n) is 4.71. The smallest absolute Gasteiger partial charge is 0.269 e. The summed E-state index contributed by atoms with van der Waals surface area (Å²) in [5.41, 5.74) is 2.69. The molecule has 1 saturated heterocycles. The molecule has 138 valence electrons. The van der Waals surface area contributed by atoms with Gasteiger partial charge in [0.25, 0.3) is 5.91 Å². The van der Waals surface area contributed by atoms with E-state index in [-0.39, 0.29) is 5.91 Å². The Bertz CT molecular complexity index is 708. The summed E-state index contributed by atoms with van der Waals surface area (Å²) in [6.45, 7) is 4.66. The minimum Gasteiger partial charge on any atom is -0.497 e. The summed E-state index contributed by atoms with van der Waals surface area (Å²) in [5.74, 6) is 0.700. The van der Waals surface area contributed by atoms with Crippen LogP contribution in [0.1, 0.15) is 16.1 Å². The lowest BCUT2D eigenvalue weighted by molar-refractivity contribution is 0.0949. The normalized spacial score (nSPS) is 14.9. The highest BCUT2D eigenvalue weighted by molar-refractivity contribution is 5.92. The average Bonchev–Trinajstić information content (AvgIpc) is 2.69. The first-order valence-corrected chi connectivity index (χ1v) is 8.96. The van der Waals surface area contributed by atoms with Gasteiger partial charge in [-0.3, -0.25) is 4.79 Å². The Morgan fingerprint density at radius 2 is 1.85 bits per heavy atom. The number of benzene rings is 1. The molecule has 1 N–H and O–H groups in total. The van der Waals surface area contributed by atoms with E-state index in [9.17, 15) is 4.79 Å². The third kappa shape index (κ3) is 4.73. The van der Waals surface area contributed by atoms with Gasteiger partial charge in [-0.1, -0.05) is 12.1 Å². The second-order valence-corrected chi connectivity index (χ2v) is 6.55. The number of nitrogens with one attached hydrogen (secondary N) is 1. The molecular weight excluding hydrogens is 328 g/mol. The van der Waals surface area contributed by atoms with Crippen molar-refractivity contribution < 1.29 is 9.53 Å². The molecule has 26 heavy (non-hydrogen) atoms. The lowest BCUT2D eigenvalue weighted by atomic mass is 10.1. The Kier molecular flexibility index (Phi) is 6.07. The van der Waals surface area contributed by atoms with Crippen LogP contribution in [-0.2, 0) is 6.42 Å². The third-order valence-corrected chi connectivity index (χ3v) is 4.71. The molecule has 3 rings (SSSR count). The highest BCUT2D eigenvalue weighted by atomic mass is 16.5. The number of nitrogens with zero attached hydrogens (tertiary/aromatic N) is 3. The standard InChI is InChI=1S/C20H26N4O2/c1-23-11-13-24(14-12-23)17-5-8-19(22-15-17)20(25)21-10-9-16-3-6-18(26-2)7-4-16/h3-8,15H,9-14H2,1-2H3,(H,21,25). The molecule has 0 atom stereocenters. The highest BCUT2D eigenvalue weighted by Gasteiger charge is 2.15. The Morgan fingerprint density at radius 1 is 1.12 bits per heavy atom. The fraction of sp³-hybridized carbons (Fsp3) is 0.400. The van der Waals surface area contributed by atoms with Crippen LogP contribution in [0.25, 0.3) is 0 Å². The predicted octanol–water partition coefficient (Wildman–Crippen LogP) is 1.81. The second kappa shape index (κ2) is 8.67. The maximum absolute atomic E-state index is 12.3. The molecule has 0 unspecified atom stereocenters. The number of ether oxygens (including phenoxy) is 1. The lowest BCUT2D eigenvalue weighted by Crippen LogP contribution is -2.44. The first-order valence-electron chi connectivity index (χ1n) is 8.96. The zero-order valence-corrected chi connectivity index (χ0v) is 15.4. The van der Waals surface area contributed by atoms with Gasteiger partial charge in [0.1, 0.15) is 11.4 Å². The van der Waals surface area contributed by atoms with Gasteiger partial charge in [-0.25, -0.2) is 4.98 Å². The van der Waals surface area contributed by atoms with Crippen LogP contribution in [0.4, 0.5) is 5.69 Å². The van der Waals surface area contributed by atoms with E-state index in [1.165, 1.54) is 0 Å². The van der Waals surface area contributed by atoms with Crippen molar-refractivity contribution >= 4 is 11.6 Å². The van der Waals surface area contributed by atoms with E-state index in [0.717, 1.165) is 49.6 Å². The van der Waals surface area contributed by atoms with Crippen LogP contribution in [0.2, 0.25) is 0 Å². The van der Waals surface area contributed by atoms with Crippen molar-refractivity contribution in [2.45, 2.75) is 6.42 Å². The number of rotatable bonds is 6. The molecule has 6 nitrogen and oxygen atoms in total. The molecule has 6 heteroatoms. The minimum atomic E-state index is -0.136. The van der Waals surface area contributed by atoms with Gasteiger partial charge >= 0.3 is 0 Å². The number of methoxy groups -OCH3 is 1. The Morgan fingerprint density at radius 3 is 2.46 bits per heavy atom. The largest absolute Gasteiger partial charge is 0.497 e. The number of aromatic nitrogens is 1. The van der Waals surface area contributed by atoms with Crippen molar-refractivity contribution in [1.82, 2.24) is 15.2 Å². The van der Waals surface area contributed by atoms with Gasteiger partial charge in [-0.2, -0.15) is 0 Å². The molecule has 0 aliphatic carbocycles. The van der Waals surface area contributed by atoms with Crippen LogP contribution in [0.5, 0.6) is 5.75 Å². The maximum Gasteiger partial charge on any atom is 0.269 e. The highest BCUT2D eigenvalue weighted by Crippen LogP contribution is 2.15. The van der Waals surface area contributed by atoms with Crippen molar-refractivity contribution in [3.05, 3.63) is 53.9 Å². The fourth-order valence-corrected chi connectivity index (χ4v) is 2.98. The predicted molar refractivity (Wildman–Crippen MR) is 103 cm³/mol. The zero-order valence-electron chi connectivity index (χ0n) is 15.4. The number of carbonyl (C=O) groups is 1. The molecule has 2 aromatic rings. The van der Waals surface area contributed by atoms with Crippen molar-refractivity contribution in [2.24, 2.45) is 0 Å². The van der Waals surface area contributed by atoms with Gasteiger partial charge in [0.2, 0.25) is 0 Å². The SMILES string of the molecule is COc1ccc(CCNC(=O)c2ccc(N3CCN(C)CC3)cn2)cc1. The molecule has 0 spiro atoms. The van der Waals surface area contributed by atoms with Crippen molar-refractivity contribution in [3.63, 3.8) is 0 Å². The molecule has 0 bridgehead atoms. The van der Waals surface area contributed by atoms with Crippen LogP contribution in [0, 0.1) is 0 Å². The summed E-state index contributed by atoms with van der Waals surface area (Å²) in [4.78, 5) is 21.2. The van der Waals surface area contributed by atoms with E-state index < -0.39 is 0 Å². The number of anilines is 1. The van der Waals surface area contributed by atoms with Crippen LogP contribution < -0.4 is 15.0 Å². The summed E-state index contributed by atoms with van der Waals surface area (Å²) >= 11 is 0. The fourth-order valence-electron chi connectivity index (χ4n) is 2.98. The van der Waals surface area contributed by atoms with E-state index in [4.69, 9.17) is 4.74 Å². The summed E-state index contributed by atoms with van der Waals surface area (Å²) in [7, 11) is 3.78. The van der Waals surface area contributed by atoms with Gasteiger partial charge in [0.05, 0.1) is 19.0 Å². The monoisotopic (exact) mass is 354 g/mol. The van der Waals surface area contributed by atoms with Gasteiger partial charge in [-0.05, 0) is 43.3 Å². The number of likely N-dealkylation sites (N-methyl/N-ethyl adjacent to an activating group) is 1. The quantitative estimate of drug-likeness (QED) is 0.857. The molecular formula is C20H26N4O2. The number of hydrogen-bond acceptors (Lipinski definition) is 5. The number of hydrogen-bond donors (Lipinski definition) is 1. The van der Waals surface area contributed by atoms with E-state index in [0.29, 0.717) is 12.2 Å². The Labute approximate surface area is 154 Å². The molecule has 1 aliphatic heterocycles. The second-order valence-electron chi connectivity index (χ2n) is 6.55. The average molecular weight is 354 g/mol. The number of amides is 1. The van der Waals surface area contributed by atoms with Gasteiger partial charge in [-0.15, -0.1) is 0 Å². The van der Waals surface area contributed by atoms with E-state index in [1.54, 1.807) is 19.4 Å². The van der Waals surface area contributed by atoms with Crippen LogP contribution in [0.15, 0.2) is 42.6 Å². The minimum absolute atomic E-state index is 0.136. The van der Waals surface area contributed by atoms with Crippen molar-refractivity contribution in [1.29, 1.82) is 0 Å². The Balaban J connectivity index is 1.48. The first kappa shape index (κ1) is 18.2. The van der Waals surface area contributed by atoms with Crippen LogP contribution in [-0.4, -0.2) is 62.7 Å². The summed E-state index contributed by atoms with van der Waals surface area (Å²) < 4.78 is 5.14. The van der Waals surface area contributed by atoms with Crippen molar-refractivity contribution in [2.75, 3.05) is 51.8 Å².